The van der Waals surface area contributed by atoms with Gasteiger partial charge in [0.15, 0.2) is 0 Å². The van der Waals surface area contributed by atoms with Crippen molar-refractivity contribution in [1.29, 1.82) is 0 Å². The fraction of sp³-hybridized carbons (Fsp3) is 0.300. The zero-order valence-electron chi connectivity index (χ0n) is 14.9. The lowest BCUT2D eigenvalue weighted by molar-refractivity contribution is 0.0949. The number of hydrogen-bond donors (Lipinski definition) is 2. The van der Waals surface area contributed by atoms with Crippen molar-refractivity contribution >= 4 is 17.5 Å². The zero-order valence-corrected chi connectivity index (χ0v) is 14.9. The first-order valence-electron chi connectivity index (χ1n) is 8.27. The number of carbonyl (C=O) groups is 2. The van der Waals surface area contributed by atoms with Crippen molar-refractivity contribution in [2.45, 2.75) is 20.3 Å². The predicted octanol–water partition coefficient (Wildman–Crippen LogP) is 3.32. The molecule has 0 heterocycles. The molecule has 2 aromatic rings. The van der Waals surface area contributed by atoms with E-state index in [1.807, 2.05) is 26.0 Å². The molecule has 5 heteroatoms. The lowest BCUT2D eigenvalue weighted by atomic mass is 10.0. The summed E-state index contributed by atoms with van der Waals surface area (Å²) < 4.78 is 4.97. The minimum absolute atomic E-state index is 0.215. The third-order valence-corrected chi connectivity index (χ3v) is 3.86. The lowest BCUT2D eigenvalue weighted by Crippen LogP contribution is -2.26. The summed E-state index contributed by atoms with van der Waals surface area (Å²) in [6, 6.07) is 12.7. The average Bonchev–Trinajstić information content (AvgIpc) is 2.59. The maximum atomic E-state index is 12.6. The Labute approximate surface area is 148 Å². The molecule has 0 atom stereocenters. The second kappa shape index (κ2) is 8.99. The fourth-order valence-corrected chi connectivity index (χ4v) is 2.56. The van der Waals surface area contributed by atoms with Gasteiger partial charge in [-0.3, -0.25) is 9.59 Å². The monoisotopic (exact) mass is 340 g/mol. The Balaban J connectivity index is 2.12. The van der Waals surface area contributed by atoms with E-state index in [0.29, 0.717) is 30.0 Å². The Morgan fingerprint density at radius 1 is 1.00 bits per heavy atom. The molecule has 2 rings (SSSR count). The molecule has 0 radical (unpaired) electrons. The summed E-state index contributed by atoms with van der Waals surface area (Å²) in [4.78, 5) is 24.9. The molecule has 0 saturated heterocycles. The molecule has 0 unspecified atom stereocenters. The van der Waals surface area contributed by atoms with Gasteiger partial charge in [0.1, 0.15) is 0 Å². The summed E-state index contributed by atoms with van der Waals surface area (Å²) in [7, 11) is 1.62. The van der Waals surface area contributed by atoms with E-state index >= 15 is 0 Å². The smallest absolute Gasteiger partial charge is 0.255 e. The van der Waals surface area contributed by atoms with E-state index < -0.39 is 0 Å². The van der Waals surface area contributed by atoms with Gasteiger partial charge in [-0.05, 0) is 44.0 Å². The lowest BCUT2D eigenvalue weighted by Gasteiger charge is -2.12. The van der Waals surface area contributed by atoms with Crippen molar-refractivity contribution in [3.05, 3.63) is 64.7 Å². The number of benzene rings is 2. The van der Waals surface area contributed by atoms with E-state index in [2.05, 4.69) is 10.6 Å². The molecular formula is C20H24N2O3. The zero-order chi connectivity index (χ0) is 18.2. The van der Waals surface area contributed by atoms with Gasteiger partial charge in [-0.2, -0.15) is 0 Å². The Bertz CT molecular complexity index is 756. The highest BCUT2D eigenvalue weighted by atomic mass is 16.5. The molecule has 0 aliphatic carbocycles. The van der Waals surface area contributed by atoms with Gasteiger partial charge >= 0.3 is 0 Å². The number of rotatable bonds is 7. The maximum absolute atomic E-state index is 12.6. The number of para-hydroxylation sites is 1. The maximum Gasteiger partial charge on any atom is 0.255 e. The molecule has 2 aromatic carbocycles. The van der Waals surface area contributed by atoms with Crippen LogP contribution in [-0.4, -0.2) is 32.1 Å². The van der Waals surface area contributed by atoms with Crippen LogP contribution in [0.5, 0.6) is 0 Å². The van der Waals surface area contributed by atoms with Crippen molar-refractivity contribution in [2.75, 3.05) is 25.6 Å². The Morgan fingerprint density at radius 2 is 1.76 bits per heavy atom. The van der Waals surface area contributed by atoms with Crippen LogP contribution in [0.25, 0.3) is 0 Å². The van der Waals surface area contributed by atoms with Gasteiger partial charge < -0.3 is 15.4 Å². The van der Waals surface area contributed by atoms with Crippen LogP contribution >= 0.6 is 0 Å². The van der Waals surface area contributed by atoms with Crippen LogP contribution in [0.4, 0.5) is 5.69 Å². The van der Waals surface area contributed by atoms with Crippen LogP contribution < -0.4 is 10.6 Å². The number of anilines is 1. The molecule has 2 N–H and O–H groups in total. The normalized spacial score (nSPS) is 10.4. The van der Waals surface area contributed by atoms with Gasteiger partial charge in [0.25, 0.3) is 11.8 Å². The molecule has 5 nitrogen and oxygen atoms in total. The topological polar surface area (TPSA) is 67.4 Å². The summed E-state index contributed by atoms with van der Waals surface area (Å²) in [5.74, 6) is -0.440. The molecule has 25 heavy (non-hydrogen) atoms. The molecule has 0 aliphatic rings. The van der Waals surface area contributed by atoms with Crippen LogP contribution in [0.3, 0.4) is 0 Å². The first-order valence-corrected chi connectivity index (χ1v) is 8.27. The van der Waals surface area contributed by atoms with E-state index in [0.717, 1.165) is 17.5 Å². The van der Waals surface area contributed by atoms with E-state index in [1.165, 1.54) is 0 Å². The number of aryl methyl sites for hydroxylation is 2. The Hall–Kier alpha value is -2.66. The molecule has 0 spiro atoms. The fourth-order valence-electron chi connectivity index (χ4n) is 2.56. The van der Waals surface area contributed by atoms with Crippen LogP contribution in [0, 0.1) is 13.8 Å². The van der Waals surface area contributed by atoms with E-state index in [9.17, 15) is 9.59 Å². The van der Waals surface area contributed by atoms with E-state index in [4.69, 9.17) is 4.74 Å². The summed E-state index contributed by atoms with van der Waals surface area (Å²) in [6.07, 6.45) is 0.735. The molecule has 0 saturated carbocycles. The highest BCUT2D eigenvalue weighted by molar-refractivity contribution is 6.09. The van der Waals surface area contributed by atoms with E-state index in [1.54, 1.807) is 37.4 Å². The summed E-state index contributed by atoms with van der Waals surface area (Å²) in [6.45, 7) is 4.99. The van der Waals surface area contributed by atoms with Crippen molar-refractivity contribution < 1.29 is 14.3 Å². The summed E-state index contributed by atoms with van der Waals surface area (Å²) in [5.41, 5.74) is 3.54. The van der Waals surface area contributed by atoms with Crippen LogP contribution in [-0.2, 0) is 4.74 Å². The molecule has 0 aliphatic heterocycles. The Morgan fingerprint density at radius 3 is 2.48 bits per heavy atom. The van der Waals surface area contributed by atoms with Crippen LogP contribution in [0.2, 0.25) is 0 Å². The highest BCUT2D eigenvalue weighted by Gasteiger charge is 2.15. The Kier molecular flexibility index (Phi) is 6.71. The minimum Gasteiger partial charge on any atom is -0.385 e. The number of hydrogen-bond acceptors (Lipinski definition) is 3. The van der Waals surface area contributed by atoms with Crippen molar-refractivity contribution in [3.8, 4) is 0 Å². The standard InChI is InChI=1S/C20H24N2O3/c1-14-9-10-16(15(2)13-14)20(24)22-18-8-5-4-7-17(18)19(23)21-11-6-12-25-3/h4-5,7-10,13H,6,11-12H2,1-3H3,(H,21,23)(H,22,24). The van der Waals surface area contributed by atoms with Gasteiger partial charge in [0.05, 0.1) is 11.3 Å². The molecule has 0 bridgehead atoms. The average molecular weight is 340 g/mol. The second-order valence-electron chi connectivity index (χ2n) is 5.92. The van der Waals surface area contributed by atoms with Gasteiger partial charge in [-0.15, -0.1) is 0 Å². The van der Waals surface area contributed by atoms with Crippen molar-refractivity contribution in [3.63, 3.8) is 0 Å². The third-order valence-electron chi connectivity index (χ3n) is 3.86. The number of ether oxygens (including phenoxy) is 1. The molecular weight excluding hydrogens is 316 g/mol. The van der Waals surface area contributed by atoms with Crippen LogP contribution in [0.15, 0.2) is 42.5 Å². The van der Waals surface area contributed by atoms with Crippen molar-refractivity contribution in [1.82, 2.24) is 5.32 Å². The summed E-state index contributed by atoms with van der Waals surface area (Å²) in [5, 5.41) is 5.68. The SMILES string of the molecule is COCCCNC(=O)c1ccccc1NC(=O)c1ccc(C)cc1C. The van der Waals surface area contributed by atoms with Crippen molar-refractivity contribution in [2.24, 2.45) is 0 Å². The van der Waals surface area contributed by atoms with Gasteiger partial charge in [-0.1, -0.05) is 29.8 Å². The van der Waals surface area contributed by atoms with Gasteiger partial charge in [0, 0.05) is 25.8 Å². The van der Waals surface area contributed by atoms with Gasteiger partial charge in [0.2, 0.25) is 0 Å². The molecule has 132 valence electrons. The first-order chi connectivity index (χ1) is 12.0. The van der Waals surface area contributed by atoms with Gasteiger partial charge in [-0.25, -0.2) is 0 Å². The summed E-state index contributed by atoms with van der Waals surface area (Å²) >= 11 is 0. The highest BCUT2D eigenvalue weighted by Crippen LogP contribution is 2.18. The molecule has 0 aromatic heterocycles. The minimum atomic E-state index is -0.225. The predicted molar refractivity (Wildman–Crippen MR) is 99.1 cm³/mol. The number of nitrogens with one attached hydrogen (secondary N) is 2. The van der Waals surface area contributed by atoms with Crippen LogP contribution in [0.1, 0.15) is 38.3 Å². The second-order valence-corrected chi connectivity index (χ2v) is 5.92. The first kappa shape index (κ1) is 18.7. The molecule has 0 fully saturated rings. The number of amides is 2. The third kappa shape index (κ3) is 5.16. The van der Waals surface area contributed by atoms with E-state index in [-0.39, 0.29) is 11.8 Å². The molecule has 2 amide bonds. The number of methoxy groups -OCH3 is 1. The quantitative estimate of drug-likeness (QED) is 0.760. The largest absolute Gasteiger partial charge is 0.385 e. The number of carbonyl (C=O) groups excluding carboxylic acids is 2.